The van der Waals surface area contributed by atoms with Crippen LogP contribution in [0, 0.1) is 0 Å². The van der Waals surface area contributed by atoms with E-state index in [9.17, 15) is 0 Å². The second kappa shape index (κ2) is 4.96. The first-order chi connectivity index (χ1) is 8.76. The molecule has 2 fully saturated rings. The molecule has 1 spiro atoms. The van der Waals surface area contributed by atoms with Gasteiger partial charge in [0, 0.05) is 24.5 Å². The van der Waals surface area contributed by atoms with Gasteiger partial charge < -0.3 is 5.32 Å². The van der Waals surface area contributed by atoms with Gasteiger partial charge in [-0.05, 0) is 18.9 Å². The predicted octanol–water partition coefficient (Wildman–Crippen LogP) is 2.32. The summed E-state index contributed by atoms with van der Waals surface area (Å²) in [5, 5.41) is 9.12. The van der Waals surface area contributed by atoms with Crippen molar-refractivity contribution in [1.29, 1.82) is 0 Å². The Morgan fingerprint density at radius 1 is 1.44 bits per heavy atom. The van der Waals surface area contributed by atoms with Crippen molar-refractivity contribution in [2.24, 2.45) is 12.0 Å². The summed E-state index contributed by atoms with van der Waals surface area (Å²) in [6.45, 7) is 0.687. The predicted molar refractivity (Wildman–Crippen MR) is 75.8 cm³/mol. The number of aromatic nitrogens is 2. The van der Waals surface area contributed by atoms with Crippen LogP contribution in [0.1, 0.15) is 37.8 Å². The summed E-state index contributed by atoms with van der Waals surface area (Å²) in [4.78, 5) is 4.65. The van der Waals surface area contributed by atoms with Gasteiger partial charge in [0.1, 0.15) is 0 Å². The van der Waals surface area contributed by atoms with Gasteiger partial charge in [0.2, 0.25) is 0 Å². The average molecular weight is 264 g/mol. The normalized spacial score (nSPS) is 24.6. The number of amidine groups is 1. The molecule has 1 aliphatic heterocycles. The monoisotopic (exact) mass is 264 g/mol. The molecule has 18 heavy (non-hydrogen) atoms. The summed E-state index contributed by atoms with van der Waals surface area (Å²) in [6, 6.07) is 2.03. The number of aliphatic imine (C=N–C) groups is 1. The maximum atomic E-state index is 4.65. The fourth-order valence-corrected chi connectivity index (χ4v) is 4.01. The van der Waals surface area contributed by atoms with Gasteiger partial charge in [-0.2, -0.15) is 5.10 Å². The first kappa shape index (κ1) is 12.1. The van der Waals surface area contributed by atoms with E-state index < -0.39 is 0 Å². The zero-order chi connectivity index (χ0) is 12.4. The van der Waals surface area contributed by atoms with Crippen molar-refractivity contribution in [2.75, 3.05) is 5.75 Å². The molecule has 1 N–H and O–H groups in total. The molecule has 5 heteroatoms. The highest BCUT2D eigenvalue weighted by molar-refractivity contribution is 8.14. The third-order valence-electron chi connectivity index (χ3n) is 3.82. The number of nitrogens with one attached hydrogen (secondary N) is 1. The number of hydrogen-bond acceptors (Lipinski definition) is 3. The highest BCUT2D eigenvalue weighted by Gasteiger charge is 2.37. The quantitative estimate of drug-likeness (QED) is 0.891. The molecule has 0 bridgehead atoms. The molecule has 4 nitrogen and oxygen atoms in total. The highest BCUT2D eigenvalue weighted by Crippen LogP contribution is 2.36. The van der Waals surface area contributed by atoms with Crippen molar-refractivity contribution in [3.8, 4) is 0 Å². The summed E-state index contributed by atoms with van der Waals surface area (Å²) in [7, 11) is 1.94. The minimum absolute atomic E-state index is 0.353. The van der Waals surface area contributed by atoms with Crippen LogP contribution in [0.15, 0.2) is 17.3 Å². The van der Waals surface area contributed by atoms with E-state index in [4.69, 9.17) is 0 Å². The Morgan fingerprint density at radius 3 is 3.00 bits per heavy atom. The van der Waals surface area contributed by atoms with Crippen molar-refractivity contribution >= 4 is 16.9 Å². The van der Waals surface area contributed by atoms with E-state index in [1.165, 1.54) is 37.9 Å². The lowest BCUT2D eigenvalue weighted by molar-refractivity contribution is 0.303. The summed E-state index contributed by atoms with van der Waals surface area (Å²) in [6.07, 6.45) is 8.70. The number of aryl methyl sites for hydroxylation is 1. The second-order valence-corrected chi connectivity index (χ2v) is 6.32. The molecule has 2 heterocycles. The van der Waals surface area contributed by atoms with Crippen LogP contribution in [0.2, 0.25) is 0 Å². The largest absolute Gasteiger partial charge is 0.359 e. The van der Waals surface area contributed by atoms with Gasteiger partial charge in [-0.1, -0.05) is 31.0 Å². The lowest BCUT2D eigenvalue weighted by Gasteiger charge is -2.32. The Balaban J connectivity index is 1.61. The number of nitrogens with zero attached hydrogens (tertiary/aromatic N) is 3. The fourth-order valence-electron chi connectivity index (χ4n) is 2.79. The standard InChI is InChI=1S/C13H20N4S/c1-17-8-5-11(16-17)9-14-12-15-13(10-18-12)6-3-2-4-7-13/h5,8H,2-4,6-7,9-10H2,1H3,(H,14,15). The lowest BCUT2D eigenvalue weighted by Crippen LogP contribution is -2.45. The summed E-state index contributed by atoms with van der Waals surface area (Å²) >= 11 is 1.88. The molecule has 0 unspecified atom stereocenters. The van der Waals surface area contributed by atoms with Gasteiger partial charge >= 0.3 is 0 Å². The van der Waals surface area contributed by atoms with Crippen LogP contribution in [-0.2, 0) is 13.6 Å². The Labute approximate surface area is 112 Å². The lowest BCUT2D eigenvalue weighted by atomic mass is 9.83. The van der Waals surface area contributed by atoms with E-state index in [1.807, 2.05) is 35.8 Å². The topological polar surface area (TPSA) is 42.2 Å². The van der Waals surface area contributed by atoms with E-state index in [0.29, 0.717) is 12.1 Å². The minimum Gasteiger partial charge on any atom is -0.359 e. The average Bonchev–Trinajstić information content (AvgIpc) is 2.96. The molecule has 1 saturated carbocycles. The Kier molecular flexibility index (Phi) is 3.33. The maximum Gasteiger partial charge on any atom is 0.157 e. The summed E-state index contributed by atoms with van der Waals surface area (Å²) in [5.74, 6) is 1.19. The number of thioether (sulfide) groups is 1. The Morgan fingerprint density at radius 2 is 2.28 bits per heavy atom. The van der Waals surface area contributed by atoms with Crippen LogP contribution < -0.4 is 5.32 Å². The molecule has 1 saturated heterocycles. The van der Waals surface area contributed by atoms with Crippen LogP contribution in [0.3, 0.4) is 0 Å². The Hall–Kier alpha value is -0.970. The molecule has 0 radical (unpaired) electrons. The summed E-state index contributed by atoms with van der Waals surface area (Å²) in [5.41, 5.74) is 1.39. The van der Waals surface area contributed by atoms with Crippen LogP contribution in [0.5, 0.6) is 0 Å². The second-order valence-electron chi connectivity index (χ2n) is 5.36. The van der Waals surface area contributed by atoms with Gasteiger partial charge in [0.25, 0.3) is 0 Å². The van der Waals surface area contributed by atoms with E-state index in [1.54, 1.807) is 0 Å². The van der Waals surface area contributed by atoms with Gasteiger partial charge in [-0.25, -0.2) is 0 Å². The molecule has 1 aliphatic carbocycles. The van der Waals surface area contributed by atoms with E-state index in [2.05, 4.69) is 15.4 Å². The smallest absolute Gasteiger partial charge is 0.157 e. The van der Waals surface area contributed by atoms with Crippen LogP contribution in [0.4, 0.5) is 0 Å². The van der Waals surface area contributed by atoms with Crippen molar-refractivity contribution in [3.63, 3.8) is 0 Å². The van der Waals surface area contributed by atoms with Gasteiger partial charge in [0.15, 0.2) is 5.17 Å². The maximum absolute atomic E-state index is 4.65. The molecule has 2 aliphatic rings. The molecular formula is C13H20N4S. The minimum atomic E-state index is 0.353. The van der Waals surface area contributed by atoms with E-state index >= 15 is 0 Å². The van der Waals surface area contributed by atoms with Crippen molar-refractivity contribution < 1.29 is 0 Å². The van der Waals surface area contributed by atoms with Crippen molar-refractivity contribution in [2.45, 2.75) is 44.2 Å². The first-order valence-corrected chi connectivity index (χ1v) is 7.68. The van der Waals surface area contributed by atoms with Crippen LogP contribution in [-0.4, -0.2) is 26.2 Å². The third kappa shape index (κ3) is 2.55. The number of rotatable bonds is 2. The third-order valence-corrected chi connectivity index (χ3v) is 5.02. The SMILES string of the molecule is Cn1ccc(CN=C2NC3(CCCCC3)CS2)n1. The van der Waals surface area contributed by atoms with Crippen LogP contribution in [0.25, 0.3) is 0 Å². The molecule has 1 aromatic rings. The van der Waals surface area contributed by atoms with Gasteiger partial charge in [0.05, 0.1) is 12.2 Å². The Bertz CT molecular complexity index is 446. The molecule has 1 aromatic heterocycles. The molecule has 98 valence electrons. The molecular weight excluding hydrogens is 244 g/mol. The highest BCUT2D eigenvalue weighted by atomic mass is 32.2. The molecule has 0 aromatic carbocycles. The van der Waals surface area contributed by atoms with E-state index in [0.717, 1.165) is 10.9 Å². The van der Waals surface area contributed by atoms with Gasteiger partial charge in [-0.15, -0.1) is 0 Å². The fraction of sp³-hybridized carbons (Fsp3) is 0.692. The van der Waals surface area contributed by atoms with Gasteiger partial charge in [-0.3, -0.25) is 9.67 Å². The van der Waals surface area contributed by atoms with E-state index in [-0.39, 0.29) is 0 Å². The zero-order valence-electron chi connectivity index (χ0n) is 10.9. The summed E-state index contributed by atoms with van der Waals surface area (Å²) < 4.78 is 1.83. The number of hydrogen-bond donors (Lipinski definition) is 1. The molecule has 0 amide bonds. The molecule has 3 rings (SSSR count). The van der Waals surface area contributed by atoms with Crippen molar-refractivity contribution in [3.05, 3.63) is 18.0 Å². The van der Waals surface area contributed by atoms with Crippen LogP contribution >= 0.6 is 11.8 Å². The first-order valence-electron chi connectivity index (χ1n) is 6.70. The zero-order valence-corrected chi connectivity index (χ0v) is 11.7. The van der Waals surface area contributed by atoms with Crippen molar-refractivity contribution in [1.82, 2.24) is 15.1 Å². The molecule has 0 atom stereocenters.